The monoisotopic (exact) mass is 328 g/mol. The molecule has 1 aromatic heterocycles. The van der Waals surface area contributed by atoms with Crippen LogP contribution in [0.5, 0.6) is 0 Å². The normalized spacial score (nSPS) is 12.2. The van der Waals surface area contributed by atoms with E-state index in [1.807, 2.05) is 0 Å². The second kappa shape index (κ2) is 9.68. The van der Waals surface area contributed by atoms with Crippen molar-refractivity contribution in [1.29, 1.82) is 0 Å². The second-order valence-electron chi connectivity index (χ2n) is 7.31. The summed E-state index contributed by atoms with van der Waals surface area (Å²) in [6, 6.07) is 8.58. The molecular weight excluding hydrogens is 292 g/mol. The molecule has 1 atom stereocenters. The minimum atomic E-state index is 0.541. The smallest absolute Gasteiger partial charge is 0.0482 e. The van der Waals surface area contributed by atoms with E-state index in [1.165, 1.54) is 40.6 Å². The van der Waals surface area contributed by atoms with Gasteiger partial charge in [-0.05, 0) is 49.8 Å². The molecular formula is C22H36N2. The lowest BCUT2D eigenvalue weighted by Gasteiger charge is -2.10. The molecule has 24 heavy (non-hydrogen) atoms. The summed E-state index contributed by atoms with van der Waals surface area (Å²) in [5.41, 5.74) is 11.2. The fourth-order valence-corrected chi connectivity index (χ4v) is 3.37. The number of hydrogen-bond acceptors (Lipinski definition) is 1. The van der Waals surface area contributed by atoms with E-state index in [4.69, 9.17) is 5.73 Å². The van der Waals surface area contributed by atoms with Gasteiger partial charge in [-0.3, -0.25) is 0 Å². The summed E-state index contributed by atoms with van der Waals surface area (Å²) in [6.45, 7) is 15.6. The van der Waals surface area contributed by atoms with Crippen molar-refractivity contribution in [2.45, 2.75) is 59.8 Å². The van der Waals surface area contributed by atoms with E-state index in [0.717, 1.165) is 12.3 Å². The van der Waals surface area contributed by atoms with Crippen LogP contribution < -0.4 is 5.73 Å². The van der Waals surface area contributed by atoms with Gasteiger partial charge in [0.15, 0.2) is 0 Å². The zero-order valence-electron chi connectivity index (χ0n) is 16.5. The summed E-state index contributed by atoms with van der Waals surface area (Å²) in [7, 11) is 2.15. The van der Waals surface area contributed by atoms with Crippen LogP contribution in [-0.4, -0.2) is 11.1 Å². The molecule has 0 spiro atoms. The summed E-state index contributed by atoms with van der Waals surface area (Å²) in [5.74, 6) is 1.37. The van der Waals surface area contributed by atoms with Crippen molar-refractivity contribution in [3.63, 3.8) is 0 Å². The lowest BCUT2D eigenvalue weighted by atomic mass is 10.0. The average molecular weight is 329 g/mol. The highest BCUT2D eigenvalue weighted by molar-refractivity contribution is 5.85. The number of rotatable bonds is 6. The molecule has 0 aliphatic rings. The summed E-state index contributed by atoms with van der Waals surface area (Å²) in [4.78, 5) is 0. The van der Waals surface area contributed by atoms with E-state index in [9.17, 15) is 0 Å². The predicted molar refractivity (Wildman–Crippen MR) is 109 cm³/mol. The molecule has 1 aromatic carbocycles. The Bertz CT molecular complexity index is 649. The molecule has 0 radical (unpaired) electrons. The van der Waals surface area contributed by atoms with Crippen LogP contribution in [0.3, 0.4) is 0 Å². The highest BCUT2D eigenvalue weighted by Gasteiger charge is 2.16. The first-order chi connectivity index (χ1) is 11.3. The molecule has 0 fully saturated rings. The van der Waals surface area contributed by atoms with Crippen molar-refractivity contribution in [3.05, 3.63) is 47.7 Å². The maximum absolute atomic E-state index is 5.72. The molecule has 134 valence electrons. The van der Waals surface area contributed by atoms with Crippen LogP contribution >= 0.6 is 0 Å². The Balaban J connectivity index is 0.000000307. The van der Waals surface area contributed by atoms with Gasteiger partial charge in [0.25, 0.3) is 0 Å². The topological polar surface area (TPSA) is 30.9 Å². The van der Waals surface area contributed by atoms with Crippen LogP contribution in [0.2, 0.25) is 0 Å². The van der Waals surface area contributed by atoms with E-state index in [-0.39, 0.29) is 0 Å². The first-order valence-electron chi connectivity index (χ1n) is 9.24. The lowest BCUT2D eigenvalue weighted by molar-refractivity contribution is 0.558. The minimum absolute atomic E-state index is 0.541. The Morgan fingerprint density at radius 2 is 1.83 bits per heavy atom. The van der Waals surface area contributed by atoms with Gasteiger partial charge in [0.05, 0.1) is 0 Å². The van der Waals surface area contributed by atoms with Crippen molar-refractivity contribution >= 4 is 10.9 Å². The van der Waals surface area contributed by atoms with Gasteiger partial charge in [-0.25, -0.2) is 0 Å². The van der Waals surface area contributed by atoms with Crippen LogP contribution in [0.1, 0.15) is 64.6 Å². The number of benzene rings is 1. The Morgan fingerprint density at radius 1 is 1.21 bits per heavy atom. The van der Waals surface area contributed by atoms with E-state index < -0.39 is 0 Å². The zero-order valence-corrected chi connectivity index (χ0v) is 16.5. The molecule has 2 N–H and O–H groups in total. The summed E-state index contributed by atoms with van der Waals surface area (Å²) in [5, 5.41) is 1.36. The third-order valence-electron chi connectivity index (χ3n) is 4.60. The van der Waals surface area contributed by atoms with Crippen LogP contribution in [0.4, 0.5) is 0 Å². The molecule has 0 aliphatic carbocycles. The SMILES string of the molecule is C=C(C)CC(C)CC.CC(C)c1c(CCN)c2ccccc2n1C. The molecule has 1 unspecified atom stereocenters. The molecule has 0 saturated carbocycles. The Labute approximate surface area is 148 Å². The van der Waals surface area contributed by atoms with Crippen molar-refractivity contribution in [2.75, 3.05) is 6.54 Å². The number of allylic oxidation sites excluding steroid dienone is 1. The quantitative estimate of drug-likeness (QED) is 0.667. The molecule has 2 heteroatoms. The largest absolute Gasteiger partial charge is 0.347 e. The van der Waals surface area contributed by atoms with Gasteiger partial charge in [-0.15, -0.1) is 6.58 Å². The number of para-hydroxylation sites is 1. The van der Waals surface area contributed by atoms with Crippen molar-refractivity contribution in [1.82, 2.24) is 4.57 Å². The van der Waals surface area contributed by atoms with Gasteiger partial charge >= 0.3 is 0 Å². The molecule has 0 aliphatic heterocycles. The zero-order chi connectivity index (χ0) is 18.3. The third kappa shape index (κ3) is 5.24. The van der Waals surface area contributed by atoms with E-state index in [1.54, 1.807) is 0 Å². The van der Waals surface area contributed by atoms with Crippen LogP contribution in [-0.2, 0) is 13.5 Å². The molecule has 2 nitrogen and oxygen atoms in total. The third-order valence-corrected chi connectivity index (χ3v) is 4.60. The molecule has 0 bridgehead atoms. The number of nitrogens with zero attached hydrogens (tertiary/aromatic N) is 1. The number of aromatic nitrogens is 1. The first kappa shape index (κ1) is 20.5. The van der Waals surface area contributed by atoms with E-state index in [2.05, 4.69) is 77.1 Å². The average Bonchev–Trinajstić information content (AvgIpc) is 2.81. The summed E-state index contributed by atoms with van der Waals surface area (Å²) < 4.78 is 2.31. The molecule has 2 rings (SSSR count). The van der Waals surface area contributed by atoms with Crippen molar-refractivity contribution in [3.8, 4) is 0 Å². The number of hydrogen-bond donors (Lipinski definition) is 1. The second-order valence-corrected chi connectivity index (χ2v) is 7.31. The Morgan fingerprint density at radius 3 is 2.29 bits per heavy atom. The van der Waals surface area contributed by atoms with Crippen LogP contribution in [0.15, 0.2) is 36.4 Å². The van der Waals surface area contributed by atoms with E-state index in [0.29, 0.717) is 12.5 Å². The highest BCUT2D eigenvalue weighted by atomic mass is 15.0. The van der Waals surface area contributed by atoms with Gasteiger partial charge < -0.3 is 10.3 Å². The lowest BCUT2D eigenvalue weighted by Crippen LogP contribution is -2.07. The Kier molecular flexibility index (Phi) is 8.27. The standard InChI is InChI=1S/C14H20N2.C8H16/c1-10(2)14-12(8-9-15)11-6-4-5-7-13(11)16(14)3;1-5-8(4)6-7(2)3/h4-7,10H,8-9,15H2,1-3H3;8H,2,5-6H2,1,3-4H3. The molecule has 0 saturated heterocycles. The first-order valence-corrected chi connectivity index (χ1v) is 9.24. The number of nitrogens with two attached hydrogens (primary N) is 1. The maximum atomic E-state index is 5.72. The number of fused-ring (bicyclic) bond motifs is 1. The van der Waals surface area contributed by atoms with Crippen LogP contribution in [0.25, 0.3) is 10.9 Å². The summed E-state index contributed by atoms with van der Waals surface area (Å²) in [6.07, 6.45) is 3.43. The minimum Gasteiger partial charge on any atom is -0.347 e. The molecule has 1 heterocycles. The van der Waals surface area contributed by atoms with Gasteiger partial charge in [-0.2, -0.15) is 0 Å². The van der Waals surface area contributed by atoms with Crippen molar-refractivity contribution < 1.29 is 0 Å². The highest BCUT2D eigenvalue weighted by Crippen LogP contribution is 2.30. The fourth-order valence-electron chi connectivity index (χ4n) is 3.37. The van der Waals surface area contributed by atoms with Gasteiger partial charge in [0, 0.05) is 23.6 Å². The predicted octanol–water partition coefficient (Wildman–Crippen LogP) is 5.80. The van der Waals surface area contributed by atoms with Gasteiger partial charge in [0.1, 0.15) is 0 Å². The van der Waals surface area contributed by atoms with Crippen molar-refractivity contribution in [2.24, 2.45) is 18.7 Å². The van der Waals surface area contributed by atoms with Gasteiger partial charge in [0.2, 0.25) is 0 Å². The molecule has 2 aromatic rings. The van der Waals surface area contributed by atoms with Gasteiger partial charge in [-0.1, -0.05) is 57.9 Å². The Hall–Kier alpha value is -1.54. The number of aryl methyl sites for hydroxylation is 1. The van der Waals surface area contributed by atoms with Crippen LogP contribution in [0, 0.1) is 5.92 Å². The summed E-state index contributed by atoms with van der Waals surface area (Å²) >= 11 is 0. The maximum Gasteiger partial charge on any atom is 0.0482 e. The molecule has 0 amide bonds. The van der Waals surface area contributed by atoms with E-state index >= 15 is 0 Å². The fraction of sp³-hybridized carbons (Fsp3) is 0.545.